The summed E-state index contributed by atoms with van der Waals surface area (Å²) >= 11 is 0. The van der Waals surface area contributed by atoms with Crippen LogP contribution in [0.3, 0.4) is 0 Å². The Labute approximate surface area is 638 Å². The molecule has 0 aromatic rings. The number of rotatable bonds is 68. The van der Waals surface area contributed by atoms with Gasteiger partial charge in [0.15, 0.2) is 12.6 Å². The maximum absolute atomic E-state index is 13.4. The molecule has 0 bridgehead atoms. The van der Waals surface area contributed by atoms with E-state index in [0.29, 0.717) is 12.8 Å². The standard InChI is InChI=1S/C91H151NO13/c1-3-5-7-9-11-13-15-17-19-21-23-25-27-29-31-33-35-37-38-39-40-41-42-43-45-47-49-51-53-55-57-59-61-63-65-67-69-71-73-75-83(96)92-79(78-102-90-88(101)86(99)89(82(77-94)104-90)105-91-87(100)85(98)84(97)81(76-93)103-91)80(95)74-72-70-68-66-64-62-60-58-56-54-52-50-48-46-44-36-34-32-30-28-26-24-22-20-18-16-14-12-10-8-6-4-2/h5,7,11,13,17,19,23,25,29,31,35,37,39-40,42-43,47,49,53,55-56,58-59,61,64,66,72,74,79-82,84-91,93-95,97-101H,3-4,6,8-10,12,14-16,18,20-22,24,26-28,30,32-34,36,38,41,44-46,48,50-52,54,57,60,62-63,65,67-71,73,75-78H2,1-2H3,(H,92,96)/b7-5-,13-11-,19-17-,25-23-,31-29-,37-35-,40-39-,43-42-,49-47-,55-53-,58-56+,61-59-,66-64+,74-72+. The van der Waals surface area contributed by atoms with E-state index in [4.69, 9.17) is 18.9 Å². The number of hydrogen-bond acceptors (Lipinski definition) is 13. The largest absolute Gasteiger partial charge is 0.394 e. The van der Waals surface area contributed by atoms with Crippen LogP contribution in [0.4, 0.5) is 0 Å². The molecule has 14 nitrogen and oxygen atoms in total. The SMILES string of the molecule is CC/C=C\C/C=C\C/C=C\C/C=C\C/C=C\C/C=C\C/C=C\C/C=C\C/C=C\C/C=C\C/C=C\CCCCCCCC(=O)NC(COC1OC(CO)C(OC2OC(CO)C(O)C(O)C2O)C(O)C1O)C(O)/C=C/CC/C=C/CC/C=C/CCCCCCCCCCCCCCCCCCCCCCCC. The minimum atomic E-state index is -1.81. The molecule has 598 valence electrons. The maximum Gasteiger partial charge on any atom is 0.220 e. The summed E-state index contributed by atoms with van der Waals surface area (Å²) in [5, 5.41) is 87.7. The maximum atomic E-state index is 13.4. The molecule has 2 fully saturated rings. The van der Waals surface area contributed by atoms with E-state index in [1.165, 1.54) is 141 Å². The second-order valence-corrected chi connectivity index (χ2v) is 28.5. The summed E-state index contributed by atoms with van der Waals surface area (Å²) in [7, 11) is 0. The number of ether oxygens (including phenoxy) is 4. The highest BCUT2D eigenvalue weighted by molar-refractivity contribution is 5.76. The van der Waals surface area contributed by atoms with Crippen LogP contribution in [0.2, 0.25) is 0 Å². The van der Waals surface area contributed by atoms with E-state index in [2.05, 4.69) is 177 Å². The van der Waals surface area contributed by atoms with Gasteiger partial charge in [-0.2, -0.15) is 0 Å². The lowest BCUT2D eigenvalue weighted by Crippen LogP contribution is -2.65. The number of aliphatic hydroxyl groups is 8. The molecule has 12 unspecified atom stereocenters. The Morgan fingerprint density at radius 3 is 1.05 bits per heavy atom. The zero-order chi connectivity index (χ0) is 75.8. The topological polar surface area (TPSA) is 228 Å². The summed E-state index contributed by atoms with van der Waals surface area (Å²) in [6, 6.07) is -0.965. The van der Waals surface area contributed by atoms with Crippen molar-refractivity contribution in [3.8, 4) is 0 Å². The first-order valence-corrected chi connectivity index (χ1v) is 41.9. The van der Waals surface area contributed by atoms with Gasteiger partial charge in [0.05, 0.1) is 32.0 Å². The number of carbonyl (C=O) groups is 1. The summed E-state index contributed by atoms with van der Waals surface area (Å²) in [6.07, 6.45) is 95.8. The van der Waals surface area contributed by atoms with Crippen LogP contribution in [0, 0.1) is 0 Å². The first-order valence-electron chi connectivity index (χ1n) is 41.9. The van der Waals surface area contributed by atoms with Gasteiger partial charge in [0, 0.05) is 6.42 Å². The van der Waals surface area contributed by atoms with Crippen LogP contribution in [0.5, 0.6) is 0 Å². The van der Waals surface area contributed by atoms with E-state index in [-0.39, 0.29) is 18.9 Å². The highest BCUT2D eigenvalue weighted by Crippen LogP contribution is 2.30. The van der Waals surface area contributed by atoms with E-state index < -0.39 is 86.8 Å². The Bertz CT molecular complexity index is 2430. The fraction of sp³-hybridized carbons (Fsp3) is 0.681. The van der Waals surface area contributed by atoms with E-state index >= 15 is 0 Å². The fourth-order valence-electron chi connectivity index (χ4n) is 12.6. The van der Waals surface area contributed by atoms with Gasteiger partial charge in [0.25, 0.3) is 0 Å². The van der Waals surface area contributed by atoms with Gasteiger partial charge < -0.3 is 65.1 Å². The summed E-state index contributed by atoms with van der Waals surface area (Å²) < 4.78 is 22.9. The monoisotopic (exact) mass is 1470 g/mol. The lowest BCUT2D eigenvalue weighted by atomic mass is 9.97. The molecule has 0 spiro atoms. The fourth-order valence-corrected chi connectivity index (χ4v) is 12.6. The van der Waals surface area contributed by atoms with E-state index in [1.54, 1.807) is 6.08 Å². The first-order chi connectivity index (χ1) is 51.6. The van der Waals surface area contributed by atoms with Crippen LogP contribution in [-0.2, 0) is 23.7 Å². The molecule has 2 aliphatic heterocycles. The number of aliphatic hydroxyl groups excluding tert-OH is 8. The van der Waals surface area contributed by atoms with Crippen molar-refractivity contribution in [3.05, 3.63) is 170 Å². The number of amides is 1. The van der Waals surface area contributed by atoms with Gasteiger partial charge >= 0.3 is 0 Å². The number of allylic oxidation sites excluding steroid dienone is 27. The van der Waals surface area contributed by atoms with Gasteiger partial charge in [0.1, 0.15) is 48.8 Å². The van der Waals surface area contributed by atoms with Crippen molar-refractivity contribution in [1.29, 1.82) is 0 Å². The molecule has 12 atom stereocenters. The van der Waals surface area contributed by atoms with Gasteiger partial charge in [-0.05, 0) is 128 Å². The molecule has 105 heavy (non-hydrogen) atoms. The smallest absolute Gasteiger partial charge is 0.220 e. The van der Waals surface area contributed by atoms with Crippen LogP contribution in [0.15, 0.2) is 170 Å². The number of nitrogens with one attached hydrogen (secondary N) is 1. The molecule has 0 aromatic heterocycles. The highest BCUT2D eigenvalue weighted by Gasteiger charge is 2.51. The van der Waals surface area contributed by atoms with Crippen LogP contribution in [0.25, 0.3) is 0 Å². The second kappa shape index (κ2) is 72.2. The van der Waals surface area contributed by atoms with Crippen molar-refractivity contribution >= 4 is 5.91 Å². The van der Waals surface area contributed by atoms with E-state index in [0.717, 1.165) is 128 Å². The number of hydrogen-bond donors (Lipinski definition) is 9. The van der Waals surface area contributed by atoms with E-state index in [1.807, 2.05) is 6.08 Å². The molecular weight excluding hydrogens is 1310 g/mol. The lowest BCUT2D eigenvalue weighted by molar-refractivity contribution is -0.359. The zero-order valence-corrected chi connectivity index (χ0v) is 65.7. The Morgan fingerprint density at radius 1 is 0.352 bits per heavy atom. The molecule has 0 saturated carbocycles. The molecule has 2 aliphatic rings. The lowest BCUT2D eigenvalue weighted by Gasteiger charge is -2.46. The number of unbranched alkanes of at least 4 members (excludes halogenated alkanes) is 29. The van der Waals surface area contributed by atoms with Crippen LogP contribution >= 0.6 is 0 Å². The van der Waals surface area contributed by atoms with Crippen LogP contribution in [0.1, 0.15) is 303 Å². The predicted molar refractivity (Wildman–Crippen MR) is 437 cm³/mol. The zero-order valence-electron chi connectivity index (χ0n) is 65.7. The summed E-state index contributed by atoms with van der Waals surface area (Å²) in [5.41, 5.74) is 0. The van der Waals surface area contributed by atoms with Crippen LogP contribution in [-0.4, -0.2) is 140 Å². The molecule has 0 radical (unpaired) electrons. The molecule has 1 amide bonds. The molecule has 2 rings (SSSR count). The normalized spacial score (nSPS) is 22.3. The Kier molecular flexibility index (Phi) is 66.3. The van der Waals surface area contributed by atoms with Crippen molar-refractivity contribution in [3.63, 3.8) is 0 Å². The van der Waals surface area contributed by atoms with Crippen molar-refractivity contribution in [2.75, 3.05) is 19.8 Å². The quantitative estimate of drug-likeness (QED) is 0.0204. The molecule has 9 N–H and O–H groups in total. The van der Waals surface area contributed by atoms with Crippen molar-refractivity contribution in [2.45, 2.75) is 376 Å². The minimum absolute atomic E-state index is 0.236. The van der Waals surface area contributed by atoms with Crippen molar-refractivity contribution in [2.24, 2.45) is 0 Å². The molecule has 0 aromatic carbocycles. The Hall–Kier alpha value is -4.65. The van der Waals surface area contributed by atoms with Gasteiger partial charge in [-0.15, -0.1) is 0 Å². The van der Waals surface area contributed by atoms with Gasteiger partial charge in [-0.25, -0.2) is 0 Å². The highest BCUT2D eigenvalue weighted by atomic mass is 16.7. The average Bonchev–Trinajstić information content (AvgIpc) is 0.789. The third-order valence-electron chi connectivity index (χ3n) is 19.1. The number of carbonyl (C=O) groups excluding carboxylic acids is 1. The summed E-state index contributed by atoms with van der Waals surface area (Å²) in [6.45, 7) is 2.67. The van der Waals surface area contributed by atoms with Gasteiger partial charge in [-0.1, -0.05) is 338 Å². The second-order valence-electron chi connectivity index (χ2n) is 28.5. The molecule has 0 aliphatic carbocycles. The van der Waals surface area contributed by atoms with Gasteiger partial charge in [0.2, 0.25) is 5.91 Å². The van der Waals surface area contributed by atoms with Crippen molar-refractivity contribution in [1.82, 2.24) is 5.32 Å². The van der Waals surface area contributed by atoms with E-state index in [9.17, 15) is 45.6 Å². The average molecular weight is 1470 g/mol. The third-order valence-corrected chi connectivity index (χ3v) is 19.1. The molecule has 2 saturated heterocycles. The predicted octanol–water partition coefficient (Wildman–Crippen LogP) is 19.9. The Morgan fingerprint density at radius 2 is 0.667 bits per heavy atom. The first kappa shape index (κ1) is 96.4. The summed E-state index contributed by atoms with van der Waals surface area (Å²) in [5.74, 6) is -0.277. The minimum Gasteiger partial charge on any atom is -0.394 e. The molecular formula is C91H151NO13. The molecule has 2 heterocycles. The summed E-state index contributed by atoms with van der Waals surface area (Å²) in [4.78, 5) is 13.4. The molecule has 14 heteroatoms. The van der Waals surface area contributed by atoms with Crippen molar-refractivity contribution < 1.29 is 64.6 Å². The third kappa shape index (κ3) is 54.6. The Balaban J connectivity index is 1.66. The van der Waals surface area contributed by atoms with Crippen LogP contribution < -0.4 is 5.32 Å². The van der Waals surface area contributed by atoms with Gasteiger partial charge in [-0.3, -0.25) is 4.79 Å².